The van der Waals surface area contributed by atoms with E-state index in [1.54, 1.807) is 0 Å². The highest BCUT2D eigenvalue weighted by Gasteiger charge is 2.43. The van der Waals surface area contributed by atoms with E-state index in [9.17, 15) is 10.2 Å². The van der Waals surface area contributed by atoms with Gasteiger partial charge >= 0.3 is 0 Å². The molecule has 1 aliphatic rings. The lowest BCUT2D eigenvalue weighted by Crippen LogP contribution is -2.27. The lowest BCUT2D eigenvalue weighted by Gasteiger charge is -2.24. The van der Waals surface area contributed by atoms with Crippen molar-refractivity contribution in [2.24, 2.45) is 0 Å². The number of fused-ring (bicyclic) bond motifs is 4. The van der Waals surface area contributed by atoms with Gasteiger partial charge in [0.05, 0.1) is 0 Å². The second-order valence-electron chi connectivity index (χ2n) is 6.53. The number of benzene rings is 4. The molecule has 0 saturated carbocycles. The van der Waals surface area contributed by atoms with Crippen molar-refractivity contribution in [3.05, 3.63) is 71.8 Å². The fourth-order valence-electron chi connectivity index (χ4n) is 4.13. The fourth-order valence-corrected chi connectivity index (χ4v) is 4.13. The van der Waals surface area contributed by atoms with Crippen LogP contribution in [0.25, 0.3) is 32.3 Å². The third-order valence-electron chi connectivity index (χ3n) is 5.36. The molecule has 0 heterocycles. The van der Waals surface area contributed by atoms with E-state index >= 15 is 0 Å². The van der Waals surface area contributed by atoms with Crippen LogP contribution < -0.4 is 0 Å². The lowest BCUT2D eigenvalue weighted by molar-refractivity contribution is -0.178. The molecule has 2 heteroatoms. The van der Waals surface area contributed by atoms with Gasteiger partial charge in [-0.3, -0.25) is 0 Å². The molecule has 0 aliphatic heterocycles. The SMILES string of the molecule is CC1c2cccc3cc4c(ccc5ccccc54)c(c23)C1(O)O. The van der Waals surface area contributed by atoms with Crippen molar-refractivity contribution in [1.82, 2.24) is 0 Å². The minimum atomic E-state index is -1.83. The molecule has 0 spiro atoms. The first-order valence-electron chi connectivity index (χ1n) is 7.91. The van der Waals surface area contributed by atoms with Gasteiger partial charge in [-0.15, -0.1) is 0 Å². The van der Waals surface area contributed by atoms with Crippen LogP contribution in [0.5, 0.6) is 0 Å². The Bertz CT molecular complexity index is 1110. The molecule has 5 rings (SSSR count). The zero-order valence-electron chi connectivity index (χ0n) is 12.7. The van der Waals surface area contributed by atoms with Gasteiger partial charge in [-0.25, -0.2) is 0 Å². The Morgan fingerprint density at radius 3 is 2.43 bits per heavy atom. The molecule has 4 aromatic carbocycles. The maximum atomic E-state index is 10.8. The third-order valence-corrected chi connectivity index (χ3v) is 5.36. The molecule has 2 nitrogen and oxygen atoms in total. The van der Waals surface area contributed by atoms with E-state index < -0.39 is 5.79 Å². The Morgan fingerprint density at radius 1 is 0.783 bits per heavy atom. The molecule has 2 N–H and O–H groups in total. The molecule has 112 valence electrons. The average molecular weight is 300 g/mol. The number of hydrogen-bond donors (Lipinski definition) is 2. The van der Waals surface area contributed by atoms with Gasteiger partial charge in [0.25, 0.3) is 0 Å². The van der Waals surface area contributed by atoms with Gasteiger partial charge in [-0.1, -0.05) is 61.5 Å². The largest absolute Gasteiger partial charge is 0.361 e. The number of hydrogen-bond acceptors (Lipinski definition) is 2. The monoisotopic (exact) mass is 300 g/mol. The van der Waals surface area contributed by atoms with Gasteiger partial charge in [0, 0.05) is 11.5 Å². The van der Waals surface area contributed by atoms with E-state index in [4.69, 9.17) is 0 Å². The lowest BCUT2D eigenvalue weighted by atomic mass is 9.92. The van der Waals surface area contributed by atoms with Gasteiger partial charge in [0.1, 0.15) is 0 Å². The molecule has 1 aliphatic carbocycles. The maximum Gasteiger partial charge on any atom is 0.197 e. The van der Waals surface area contributed by atoms with Crippen molar-refractivity contribution >= 4 is 32.3 Å². The standard InChI is InChI=1S/C21H16O2/c1-12-15-8-4-6-14-11-18-16-7-3-2-5-13(16)9-10-17(18)20(19(14)15)21(12,22)23/h2-12,22-23H,1H3. The van der Waals surface area contributed by atoms with E-state index in [2.05, 4.69) is 30.3 Å². The third kappa shape index (κ3) is 1.50. The molecule has 0 fully saturated rings. The predicted octanol–water partition coefficient (Wildman–Crippen LogP) is 4.40. The zero-order chi connectivity index (χ0) is 15.8. The zero-order valence-corrected chi connectivity index (χ0v) is 12.7. The van der Waals surface area contributed by atoms with Crippen molar-refractivity contribution in [3.63, 3.8) is 0 Å². The van der Waals surface area contributed by atoms with Crippen LogP contribution in [0.2, 0.25) is 0 Å². The first-order valence-corrected chi connectivity index (χ1v) is 7.91. The minimum Gasteiger partial charge on any atom is -0.361 e. The van der Waals surface area contributed by atoms with Crippen molar-refractivity contribution < 1.29 is 10.2 Å². The average Bonchev–Trinajstić information content (AvgIpc) is 2.77. The van der Waals surface area contributed by atoms with Crippen LogP contribution >= 0.6 is 0 Å². The smallest absolute Gasteiger partial charge is 0.197 e. The Balaban J connectivity index is 2.10. The maximum absolute atomic E-state index is 10.8. The second-order valence-corrected chi connectivity index (χ2v) is 6.53. The highest BCUT2D eigenvalue weighted by molar-refractivity contribution is 6.15. The van der Waals surface area contributed by atoms with E-state index in [0.717, 1.165) is 37.9 Å². The minimum absolute atomic E-state index is 0.335. The molecule has 1 unspecified atom stereocenters. The highest BCUT2D eigenvalue weighted by Crippen LogP contribution is 2.51. The van der Waals surface area contributed by atoms with Crippen molar-refractivity contribution in [2.75, 3.05) is 0 Å². The molecule has 0 saturated heterocycles. The summed E-state index contributed by atoms with van der Waals surface area (Å²) in [5.74, 6) is -2.16. The van der Waals surface area contributed by atoms with Crippen LogP contribution in [-0.4, -0.2) is 10.2 Å². The van der Waals surface area contributed by atoms with Crippen LogP contribution in [0.1, 0.15) is 24.0 Å². The fraction of sp³-hybridized carbons (Fsp3) is 0.143. The molecular weight excluding hydrogens is 284 g/mol. The Kier molecular flexibility index (Phi) is 2.33. The van der Waals surface area contributed by atoms with Crippen LogP contribution in [0.4, 0.5) is 0 Å². The predicted molar refractivity (Wildman–Crippen MR) is 93.5 cm³/mol. The van der Waals surface area contributed by atoms with Gasteiger partial charge in [-0.2, -0.15) is 0 Å². The van der Waals surface area contributed by atoms with Crippen molar-refractivity contribution in [1.29, 1.82) is 0 Å². The molecule has 0 amide bonds. The van der Waals surface area contributed by atoms with Crippen LogP contribution in [0.3, 0.4) is 0 Å². The molecule has 1 atom stereocenters. The topological polar surface area (TPSA) is 40.5 Å². The second kappa shape index (κ2) is 4.10. The molecule has 0 bridgehead atoms. The normalized spacial score (nSPS) is 19.0. The number of rotatable bonds is 0. The summed E-state index contributed by atoms with van der Waals surface area (Å²) in [7, 11) is 0. The van der Waals surface area contributed by atoms with Crippen LogP contribution in [-0.2, 0) is 5.79 Å². The van der Waals surface area contributed by atoms with Gasteiger partial charge in [0.2, 0.25) is 0 Å². The van der Waals surface area contributed by atoms with Crippen LogP contribution in [0, 0.1) is 0 Å². The molecule has 0 radical (unpaired) electrons. The first kappa shape index (κ1) is 13.1. The van der Waals surface area contributed by atoms with E-state index in [-0.39, 0.29) is 5.92 Å². The molecule has 0 aromatic heterocycles. The summed E-state index contributed by atoms with van der Waals surface area (Å²) in [6.07, 6.45) is 0. The van der Waals surface area contributed by atoms with Gasteiger partial charge < -0.3 is 10.2 Å². The Morgan fingerprint density at radius 2 is 1.57 bits per heavy atom. The quantitative estimate of drug-likeness (QED) is 0.287. The van der Waals surface area contributed by atoms with Crippen molar-refractivity contribution in [2.45, 2.75) is 18.6 Å². The summed E-state index contributed by atoms with van der Waals surface area (Å²) in [6, 6.07) is 20.5. The Labute approximate surface area is 133 Å². The first-order chi connectivity index (χ1) is 11.1. The molecule has 23 heavy (non-hydrogen) atoms. The summed E-state index contributed by atoms with van der Waals surface area (Å²) in [5.41, 5.74) is 1.66. The molecular formula is C21H16O2. The number of aliphatic hydroxyl groups is 2. The Hall–Kier alpha value is -2.42. The summed E-state index contributed by atoms with van der Waals surface area (Å²) < 4.78 is 0. The summed E-state index contributed by atoms with van der Waals surface area (Å²) in [5, 5.41) is 28.0. The van der Waals surface area contributed by atoms with Crippen LogP contribution in [0.15, 0.2) is 60.7 Å². The summed E-state index contributed by atoms with van der Waals surface area (Å²) in [4.78, 5) is 0. The van der Waals surface area contributed by atoms with E-state index in [1.165, 1.54) is 0 Å². The summed E-state index contributed by atoms with van der Waals surface area (Å²) in [6.45, 7) is 1.88. The summed E-state index contributed by atoms with van der Waals surface area (Å²) >= 11 is 0. The van der Waals surface area contributed by atoms with E-state index in [1.807, 2.05) is 37.3 Å². The van der Waals surface area contributed by atoms with Gasteiger partial charge in [-0.05, 0) is 43.9 Å². The highest BCUT2D eigenvalue weighted by atomic mass is 16.5. The van der Waals surface area contributed by atoms with Crippen molar-refractivity contribution in [3.8, 4) is 0 Å². The van der Waals surface area contributed by atoms with E-state index in [0.29, 0.717) is 5.56 Å². The molecule has 4 aromatic rings. The van der Waals surface area contributed by atoms with Gasteiger partial charge in [0.15, 0.2) is 5.79 Å².